The van der Waals surface area contributed by atoms with Crippen molar-refractivity contribution in [1.29, 1.82) is 5.41 Å². The topological polar surface area (TPSA) is 109 Å². The van der Waals surface area contributed by atoms with Crippen LogP contribution in [0.1, 0.15) is 52.7 Å². The van der Waals surface area contributed by atoms with Crippen molar-refractivity contribution in [2.75, 3.05) is 5.73 Å². The number of pyridine rings is 2. The van der Waals surface area contributed by atoms with Gasteiger partial charge in [0.1, 0.15) is 5.56 Å². The first-order valence-electron chi connectivity index (χ1n) is 9.17. The number of hydrogen-bond donors (Lipinski definition) is 3. The molecule has 0 amide bonds. The molecule has 2 heterocycles. The largest absolute Gasteiger partial charge is 0.477 e. The van der Waals surface area contributed by atoms with Crippen molar-refractivity contribution in [2.24, 2.45) is 0 Å². The first-order chi connectivity index (χ1) is 13.3. The maximum absolute atomic E-state index is 12.7. The molecule has 0 aliphatic heterocycles. The van der Waals surface area contributed by atoms with Gasteiger partial charge in [-0.1, -0.05) is 6.07 Å². The summed E-state index contributed by atoms with van der Waals surface area (Å²) in [5.74, 6) is -0.916. The first-order valence-corrected chi connectivity index (χ1v) is 9.17. The van der Waals surface area contributed by atoms with Gasteiger partial charge in [0.25, 0.3) is 5.56 Å². The number of rotatable bonds is 4. The Hall–Kier alpha value is -3.41. The Kier molecular flexibility index (Phi) is 4.07. The van der Waals surface area contributed by atoms with Crippen LogP contribution in [0.3, 0.4) is 0 Å². The highest BCUT2D eigenvalue weighted by Gasteiger charge is 2.29. The van der Waals surface area contributed by atoms with Crippen molar-refractivity contribution in [3.05, 3.63) is 69.1 Å². The zero-order valence-corrected chi connectivity index (χ0v) is 15.7. The van der Waals surface area contributed by atoms with Crippen LogP contribution < -0.4 is 11.3 Å². The predicted molar refractivity (Wildman–Crippen MR) is 110 cm³/mol. The van der Waals surface area contributed by atoms with E-state index in [0.717, 1.165) is 40.6 Å². The molecule has 3 aromatic rings. The highest BCUT2D eigenvalue weighted by Crippen LogP contribution is 2.43. The van der Waals surface area contributed by atoms with Gasteiger partial charge in [-0.05, 0) is 79.1 Å². The predicted octanol–water partition coefficient (Wildman–Crippen LogP) is 3.82. The number of aromatic carboxylic acids is 1. The number of nitrogen functional groups attached to an aromatic ring is 1. The number of nitrogens with zero attached hydrogens (tertiary/aromatic N) is 1. The minimum absolute atomic E-state index is 0.194. The molecule has 0 spiro atoms. The lowest BCUT2D eigenvalue weighted by Crippen LogP contribution is -2.23. The molecular formula is C22H21N3O3. The Morgan fingerprint density at radius 2 is 1.93 bits per heavy atom. The Labute approximate surface area is 161 Å². The third-order valence-corrected chi connectivity index (χ3v) is 5.43. The van der Waals surface area contributed by atoms with Gasteiger partial charge < -0.3 is 16.2 Å². The van der Waals surface area contributed by atoms with Gasteiger partial charge in [-0.15, -0.1) is 0 Å². The van der Waals surface area contributed by atoms with E-state index < -0.39 is 11.5 Å². The average Bonchev–Trinajstić information content (AvgIpc) is 3.48. The minimum Gasteiger partial charge on any atom is -0.477 e. The summed E-state index contributed by atoms with van der Waals surface area (Å²) in [6.07, 6.45) is 3.64. The molecule has 0 radical (unpaired) electrons. The van der Waals surface area contributed by atoms with Crippen molar-refractivity contribution in [3.63, 3.8) is 0 Å². The summed E-state index contributed by atoms with van der Waals surface area (Å²) in [4.78, 5) is 24.2. The van der Waals surface area contributed by atoms with Gasteiger partial charge in [-0.3, -0.25) is 9.20 Å². The molecule has 0 atom stereocenters. The van der Waals surface area contributed by atoms with Crippen molar-refractivity contribution < 1.29 is 9.90 Å². The van der Waals surface area contributed by atoms with Gasteiger partial charge in [-0.2, -0.15) is 0 Å². The van der Waals surface area contributed by atoms with Crippen LogP contribution in [0.15, 0.2) is 41.3 Å². The number of aryl methyl sites for hydroxylation is 1. The van der Waals surface area contributed by atoms with E-state index >= 15 is 0 Å². The molecular weight excluding hydrogens is 354 g/mol. The minimum atomic E-state index is -1.20. The van der Waals surface area contributed by atoms with Crippen LogP contribution in [0.4, 0.5) is 5.69 Å². The fourth-order valence-electron chi connectivity index (χ4n) is 3.82. The summed E-state index contributed by atoms with van der Waals surface area (Å²) in [5.41, 5.74) is 11.3. The molecule has 0 bridgehead atoms. The first kappa shape index (κ1) is 18.0. The van der Waals surface area contributed by atoms with Crippen LogP contribution >= 0.6 is 0 Å². The monoisotopic (exact) mass is 375 g/mol. The average molecular weight is 375 g/mol. The number of carboxylic acids is 1. The summed E-state index contributed by atoms with van der Waals surface area (Å²) in [7, 11) is 0. The van der Waals surface area contributed by atoms with Crippen LogP contribution in [0.25, 0.3) is 16.6 Å². The van der Waals surface area contributed by atoms with E-state index in [0.29, 0.717) is 17.0 Å². The van der Waals surface area contributed by atoms with Crippen LogP contribution in [0, 0.1) is 12.3 Å². The highest BCUT2D eigenvalue weighted by molar-refractivity contribution is 6.02. The molecule has 0 unspecified atom stereocenters. The Morgan fingerprint density at radius 3 is 2.54 bits per heavy atom. The SMILES string of the molecule is CC(=N)c1cc(-c2ccn3c(=O)c(C(=O)O)cc(C4CC4)c3c2C)ccc1N. The van der Waals surface area contributed by atoms with E-state index in [1.807, 2.05) is 25.1 Å². The smallest absolute Gasteiger partial charge is 0.341 e. The van der Waals surface area contributed by atoms with Gasteiger partial charge in [0.2, 0.25) is 0 Å². The quantitative estimate of drug-likeness (QED) is 0.476. The number of benzene rings is 1. The van der Waals surface area contributed by atoms with E-state index in [1.165, 1.54) is 4.40 Å². The second kappa shape index (κ2) is 6.34. The third-order valence-electron chi connectivity index (χ3n) is 5.43. The maximum Gasteiger partial charge on any atom is 0.341 e. The molecule has 4 N–H and O–H groups in total. The van der Waals surface area contributed by atoms with E-state index in [1.54, 1.807) is 25.3 Å². The van der Waals surface area contributed by atoms with Crippen molar-refractivity contribution in [1.82, 2.24) is 4.40 Å². The Morgan fingerprint density at radius 1 is 1.21 bits per heavy atom. The van der Waals surface area contributed by atoms with Gasteiger partial charge in [0, 0.05) is 23.2 Å². The van der Waals surface area contributed by atoms with E-state index in [-0.39, 0.29) is 11.5 Å². The van der Waals surface area contributed by atoms with Gasteiger partial charge in [0.05, 0.1) is 5.52 Å². The maximum atomic E-state index is 12.7. The zero-order valence-electron chi connectivity index (χ0n) is 15.7. The number of carboxylic acid groups (broad SMARTS) is 1. The van der Waals surface area contributed by atoms with Gasteiger partial charge >= 0.3 is 5.97 Å². The second-order valence-electron chi connectivity index (χ2n) is 7.40. The molecule has 4 rings (SSSR count). The summed E-state index contributed by atoms with van der Waals surface area (Å²) < 4.78 is 1.45. The molecule has 2 aromatic heterocycles. The van der Waals surface area contributed by atoms with Crippen molar-refractivity contribution in [2.45, 2.75) is 32.6 Å². The molecule has 1 saturated carbocycles. The van der Waals surface area contributed by atoms with Crippen molar-refractivity contribution in [3.8, 4) is 11.1 Å². The molecule has 0 saturated heterocycles. The molecule has 6 nitrogen and oxygen atoms in total. The van der Waals surface area contributed by atoms with Crippen LogP contribution in [0.2, 0.25) is 0 Å². The number of nitrogens with one attached hydrogen (secondary N) is 1. The third kappa shape index (κ3) is 2.78. The standard InChI is InChI=1S/C22H21N3O3/c1-11-15(14-5-6-19(24)16(9-14)12(2)23)7-8-25-20(11)17(13-3-4-13)10-18(21(25)26)22(27)28/h5-10,13,23H,3-4,24H2,1-2H3,(H,27,28). The lowest BCUT2D eigenvalue weighted by atomic mass is 9.94. The van der Waals surface area contributed by atoms with Crippen LogP contribution in [-0.2, 0) is 0 Å². The Balaban J connectivity index is 2.02. The van der Waals surface area contributed by atoms with Crippen LogP contribution in [0.5, 0.6) is 0 Å². The molecule has 6 heteroatoms. The molecule has 1 fully saturated rings. The molecule has 1 aliphatic carbocycles. The summed E-state index contributed by atoms with van der Waals surface area (Å²) in [6, 6.07) is 8.94. The van der Waals surface area contributed by atoms with E-state index in [4.69, 9.17) is 11.1 Å². The molecule has 142 valence electrons. The number of aromatic nitrogens is 1. The van der Waals surface area contributed by atoms with E-state index in [9.17, 15) is 14.7 Å². The molecule has 1 aliphatic rings. The molecule has 1 aromatic carbocycles. The fourth-order valence-corrected chi connectivity index (χ4v) is 3.82. The highest BCUT2D eigenvalue weighted by atomic mass is 16.4. The van der Waals surface area contributed by atoms with Gasteiger partial charge in [0.15, 0.2) is 0 Å². The van der Waals surface area contributed by atoms with Crippen LogP contribution in [-0.4, -0.2) is 21.2 Å². The number of nitrogens with two attached hydrogens (primary N) is 1. The summed E-state index contributed by atoms with van der Waals surface area (Å²) >= 11 is 0. The summed E-state index contributed by atoms with van der Waals surface area (Å²) in [6.45, 7) is 3.64. The molecule has 28 heavy (non-hydrogen) atoms. The lowest BCUT2D eigenvalue weighted by Gasteiger charge is -2.16. The number of fused-ring (bicyclic) bond motifs is 1. The fraction of sp³-hybridized carbons (Fsp3) is 0.227. The van der Waals surface area contributed by atoms with Crippen molar-refractivity contribution >= 4 is 22.9 Å². The van der Waals surface area contributed by atoms with E-state index in [2.05, 4.69) is 0 Å². The lowest BCUT2D eigenvalue weighted by molar-refractivity contribution is 0.0694. The number of anilines is 1. The zero-order chi connectivity index (χ0) is 20.2. The summed E-state index contributed by atoms with van der Waals surface area (Å²) in [5, 5.41) is 17.3. The normalized spacial score (nSPS) is 13.6. The van der Waals surface area contributed by atoms with Gasteiger partial charge in [-0.25, -0.2) is 4.79 Å². The number of hydrogen-bond acceptors (Lipinski definition) is 4. The number of carbonyl (C=O) groups is 1. The second-order valence-corrected chi connectivity index (χ2v) is 7.40. The Bertz CT molecular complexity index is 1220.